The lowest BCUT2D eigenvalue weighted by Crippen LogP contribution is -2.62. The third-order valence-electron chi connectivity index (χ3n) is 8.51. The van der Waals surface area contributed by atoms with Crippen molar-refractivity contribution in [2.45, 2.75) is 75.4 Å². The van der Waals surface area contributed by atoms with Gasteiger partial charge in [-0.2, -0.15) is 15.0 Å². The molecule has 0 spiro atoms. The Morgan fingerprint density at radius 1 is 1.23 bits per heavy atom. The van der Waals surface area contributed by atoms with Gasteiger partial charge in [0.1, 0.15) is 11.7 Å². The summed E-state index contributed by atoms with van der Waals surface area (Å²) in [4.78, 5) is 22.1. The van der Waals surface area contributed by atoms with Gasteiger partial charge in [-0.15, -0.1) is 0 Å². The van der Waals surface area contributed by atoms with E-state index in [1.807, 2.05) is 0 Å². The van der Waals surface area contributed by atoms with E-state index in [-0.39, 0.29) is 11.1 Å². The minimum Gasteiger partial charge on any atom is -0.390 e. The van der Waals surface area contributed by atoms with Crippen molar-refractivity contribution in [2.24, 2.45) is 11.8 Å². The number of anilines is 1. The Bertz CT molecular complexity index is 1480. The summed E-state index contributed by atoms with van der Waals surface area (Å²) in [6, 6.07) is 5.45. The van der Waals surface area contributed by atoms with E-state index in [1.165, 1.54) is 17.1 Å². The van der Waals surface area contributed by atoms with Crippen LogP contribution in [0.25, 0.3) is 16.9 Å². The molecule has 5 atom stereocenters. The number of nitrogens with one attached hydrogen (secondary N) is 2. The topological polar surface area (TPSA) is 129 Å². The Morgan fingerprint density at radius 3 is 2.64 bits per heavy atom. The monoisotopic (exact) mass is 535 g/mol. The molecule has 4 saturated carbocycles. The highest BCUT2D eigenvalue weighted by Crippen LogP contribution is 2.58. The van der Waals surface area contributed by atoms with E-state index in [2.05, 4.69) is 31.8 Å². The molecule has 4 unspecified atom stereocenters. The van der Waals surface area contributed by atoms with Gasteiger partial charge in [-0.25, -0.2) is 18.7 Å². The molecule has 0 aliphatic heterocycles. The SMILES string of the molecule is CC(C)(F)C(F)CNC(=O)c1cnc(-n2ncc3cc(C#N)cnc32)cc1NC12CC3C[C@H](CC(O)(C3)C1)C2. The number of amides is 1. The first-order chi connectivity index (χ1) is 18.5. The summed E-state index contributed by atoms with van der Waals surface area (Å²) in [5.41, 5.74) is -1.61. The zero-order valence-corrected chi connectivity index (χ0v) is 21.9. The van der Waals surface area contributed by atoms with Crippen LogP contribution >= 0.6 is 0 Å². The molecule has 3 N–H and O–H groups in total. The number of aromatic nitrogens is 4. The maximum Gasteiger partial charge on any atom is 0.255 e. The summed E-state index contributed by atoms with van der Waals surface area (Å²) < 4.78 is 29.8. The highest BCUT2D eigenvalue weighted by Gasteiger charge is 2.57. The van der Waals surface area contributed by atoms with Crippen molar-refractivity contribution in [1.82, 2.24) is 25.1 Å². The van der Waals surface area contributed by atoms with Crippen LogP contribution in [0.3, 0.4) is 0 Å². The molecule has 9 nitrogen and oxygen atoms in total. The number of aliphatic hydroxyl groups is 1. The molecule has 3 aromatic heterocycles. The van der Waals surface area contributed by atoms with Gasteiger partial charge in [0.15, 0.2) is 17.6 Å². The second kappa shape index (κ2) is 8.95. The van der Waals surface area contributed by atoms with Crippen LogP contribution in [0, 0.1) is 23.2 Å². The number of fused-ring (bicyclic) bond motifs is 1. The predicted octanol–water partition coefficient (Wildman–Crippen LogP) is 4.00. The van der Waals surface area contributed by atoms with Crippen LogP contribution in [0.2, 0.25) is 0 Å². The molecule has 11 heteroatoms. The van der Waals surface area contributed by atoms with Gasteiger partial charge in [-0.3, -0.25) is 4.79 Å². The largest absolute Gasteiger partial charge is 0.390 e. The molecule has 4 bridgehead atoms. The van der Waals surface area contributed by atoms with Gasteiger partial charge in [-0.05, 0) is 70.3 Å². The summed E-state index contributed by atoms with van der Waals surface area (Å²) in [5.74, 6) is 0.650. The number of nitriles is 1. The number of alkyl halides is 2. The van der Waals surface area contributed by atoms with Crippen molar-refractivity contribution in [3.63, 3.8) is 0 Å². The fourth-order valence-corrected chi connectivity index (χ4v) is 7.16. The second-order valence-corrected chi connectivity index (χ2v) is 12.2. The first-order valence-corrected chi connectivity index (χ1v) is 13.3. The average molecular weight is 536 g/mol. The van der Waals surface area contributed by atoms with Crippen LogP contribution < -0.4 is 10.6 Å². The molecule has 4 aliphatic carbocycles. The van der Waals surface area contributed by atoms with Crippen LogP contribution in [0.5, 0.6) is 0 Å². The molecule has 0 aromatic carbocycles. The van der Waals surface area contributed by atoms with Gasteiger partial charge in [0.05, 0.1) is 35.2 Å². The molecule has 7 rings (SSSR count). The number of halogens is 2. The number of hydrogen-bond donors (Lipinski definition) is 3. The minimum absolute atomic E-state index is 0.196. The summed E-state index contributed by atoms with van der Waals surface area (Å²) in [7, 11) is 0. The molecule has 39 heavy (non-hydrogen) atoms. The molecule has 0 saturated heterocycles. The summed E-state index contributed by atoms with van der Waals surface area (Å²) >= 11 is 0. The van der Waals surface area contributed by atoms with Crippen molar-refractivity contribution in [1.29, 1.82) is 5.26 Å². The highest BCUT2D eigenvalue weighted by atomic mass is 19.2. The summed E-state index contributed by atoms with van der Waals surface area (Å²) in [6.45, 7) is 1.79. The minimum atomic E-state index is -2.09. The van der Waals surface area contributed by atoms with E-state index in [0.717, 1.165) is 46.0 Å². The van der Waals surface area contributed by atoms with Crippen LogP contribution in [-0.4, -0.2) is 60.3 Å². The number of hydrogen-bond acceptors (Lipinski definition) is 7. The lowest BCUT2D eigenvalue weighted by Gasteiger charge is -2.60. The molecule has 3 aromatic rings. The number of carbonyl (C=O) groups is 1. The van der Waals surface area contributed by atoms with E-state index in [9.17, 15) is 23.9 Å². The third-order valence-corrected chi connectivity index (χ3v) is 8.51. The normalized spacial score (nSPS) is 28.3. The van der Waals surface area contributed by atoms with Gasteiger partial charge in [0, 0.05) is 29.4 Å². The van der Waals surface area contributed by atoms with E-state index in [4.69, 9.17) is 0 Å². The number of rotatable bonds is 7. The number of nitrogens with zero attached hydrogens (tertiary/aromatic N) is 5. The lowest BCUT2D eigenvalue weighted by molar-refractivity contribution is -0.127. The smallest absolute Gasteiger partial charge is 0.255 e. The Hall–Kier alpha value is -3.65. The van der Waals surface area contributed by atoms with Crippen molar-refractivity contribution < 1.29 is 18.7 Å². The van der Waals surface area contributed by atoms with Gasteiger partial charge in [0.2, 0.25) is 0 Å². The molecule has 204 valence electrons. The van der Waals surface area contributed by atoms with Gasteiger partial charge < -0.3 is 15.7 Å². The van der Waals surface area contributed by atoms with Crippen molar-refractivity contribution in [3.8, 4) is 11.9 Å². The first-order valence-electron chi connectivity index (χ1n) is 13.3. The number of pyridine rings is 2. The van der Waals surface area contributed by atoms with E-state index in [0.29, 0.717) is 46.4 Å². The molecule has 4 fully saturated rings. The Balaban J connectivity index is 1.37. The highest BCUT2D eigenvalue weighted by molar-refractivity contribution is 5.99. The van der Waals surface area contributed by atoms with Crippen LogP contribution in [0.4, 0.5) is 14.5 Å². The van der Waals surface area contributed by atoms with E-state index < -0.39 is 29.9 Å². The Morgan fingerprint density at radius 2 is 1.97 bits per heavy atom. The van der Waals surface area contributed by atoms with Crippen molar-refractivity contribution in [2.75, 3.05) is 11.9 Å². The average Bonchev–Trinajstić information content (AvgIpc) is 3.28. The fraction of sp³-hybridized carbons (Fsp3) is 0.536. The lowest BCUT2D eigenvalue weighted by atomic mass is 9.51. The standard InChI is InChI=1S/C28H31F2N7O2/c1-26(2,30)22(29)14-34-25(38)20-13-32-23(37-24-19(12-35-37)4-18(10-31)11-33-24)5-21(20)36-27-6-16-3-17(7-27)9-28(39,8-16)15-27/h4-5,11-13,16-17,22,39H,3,6-9,14-15H2,1-2H3,(H,32,36)(H,34,38)/t16-,17?,22?,27?,28?/m0/s1. The van der Waals surface area contributed by atoms with E-state index >= 15 is 0 Å². The number of carbonyl (C=O) groups excluding carboxylic acids is 1. The fourth-order valence-electron chi connectivity index (χ4n) is 7.16. The maximum absolute atomic E-state index is 14.3. The van der Waals surface area contributed by atoms with Crippen molar-refractivity contribution in [3.05, 3.63) is 41.9 Å². The van der Waals surface area contributed by atoms with E-state index in [1.54, 1.807) is 18.3 Å². The van der Waals surface area contributed by atoms with Gasteiger partial charge in [-0.1, -0.05) is 0 Å². The first kappa shape index (κ1) is 25.6. The van der Waals surface area contributed by atoms with Crippen LogP contribution in [-0.2, 0) is 0 Å². The van der Waals surface area contributed by atoms with Crippen LogP contribution in [0.1, 0.15) is 68.3 Å². The summed E-state index contributed by atoms with van der Waals surface area (Å²) in [6.07, 6.45) is 7.63. The molecule has 1 amide bonds. The molecule has 4 aliphatic rings. The predicted molar refractivity (Wildman–Crippen MR) is 140 cm³/mol. The van der Waals surface area contributed by atoms with Crippen LogP contribution in [0.15, 0.2) is 30.7 Å². The zero-order chi connectivity index (χ0) is 27.6. The van der Waals surface area contributed by atoms with Gasteiger partial charge in [0.25, 0.3) is 5.91 Å². The zero-order valence-electron chi connectivity index (χ0n) is 21.9. The van der Waals surface area contributed by atoms with Crippen molar-refractivity contribution >= 4 is 22.6 Å². The molecule has 0 radical (unpaired) electrons. The molecular formula is C28H31F2N7O2. The Labute approximate surface area is 224 Å². The third kappa shape index (κ3) is 4.71. The van der Waals surface area contributed by atoms with Gasteiger partial charge >= 0.3 is 0 Å². The quantitative estimate of drug-likeness (QED) is 0.417. The summed E-state index contributed by atoms with van der Waals surface area (Å²) in [5, 5.41) is 31.6. The second-order valence-electron chi connectivity index (χ2n) is 12.2. The maximum atomic E-state index is 14.3. The Kier molecular flexibility index (Phi) is 5.88. The molecule has 3 heterocycles. The molecular weight excluding hydrogens is 504 g/mol.